The third kappa shape index (κ3) is 6.62. The zero-order valence-corrected chi connectivity index (χ0v) is 20.0. The molecule has 2 heterocycles. The van der Waals surface area contributed by atoms with Gasteiger partial charge < -0.3 is 5.11 Å². The van der Waals surface area contributed by atoms with E-state index in [4.69, 9.17) is 5.11 Å². The lowest BCUT2D eigenvalue weighted by Crippen LogP contribution is -2.10. The van der Waals surface area contributed by atoms with Gasteiger partial charge in [-0.1, -0.05) is 6.07 Å². The molecule has 1 aromatic carbocycles. The molecule has 0 aliphatic rings. The standard InChI is InChI=1S/C16H14N4O3.S6/c1-9(21)16-13-5-11(12-6-17-10(2)18-7-12)3-4-14(13)20(19-16)8-15(22)23;1-3-5-6-4-2/h3-7H,8H2,1-2H3,(H,22,23);. The van der Waals surface area contributed by atoms with E-state index in [1.54, 1.807) is 25.4 Å². The van der Waals surface area contributed by atoms with Crippen LogP contribution < -0.4 is 0 Å². The summed E-state index contributed by atoms with van der Waals surface area (Å²) in [6.45, 7) is 2.92. The van der Waals surface area contributed by atoms with E-state index < -0.39 is 5.97 Å². The molecule has 3 aromatic rings. The number of aromatic nitrogens is 4. The van der Waals surface area contributed by atoms with Crippen LogP contribution in [0.4, 0.5) is 0 Å². The van der Waals surface area contributed by atoms with Crippen LogP contribution in [-0.2, 0) is 69.2 Å². The number of hydrogen-bond acceptors (Lipinski definition) is 7. The second-order valence-corrected chi connectivity index (χ2v) is 12.6. The molecule has 2 aromatic heterocycles. The van der Waals surface area contributed by atoms with Crippen molar-refractivity contribution in [1.82, 2.24) is 19.7 Å². The van der Waals surface area contributed by atoms with Crippen molar-refractivity contribution in [2.45, 2.75) is 20.4 Å². The number of hydrogen-bond donors (Lipinski definition) is 1. The Labute approximate surface area is 187 Å². The van der Waals surface area contributed by atoms with Gasteiger partial charge in [0.1, 0.15) is 18.1 Å². The average Bonchev–Trinajstić information content (AvgIpc) is 3.05. The maximum Gasteiger partial charge on any atom is 0.325 e. The van der Waals surface area contributed by atoms with Gasteiger partial charge in [-0.05, 0) is 24.6 Å². The molecule has 0 radical (unpaired) electrons. The Bertz CT molecular complexity index is 1210. The quantitative estimate of drug-likeness (QED) is 0.542. The third-order valence-electron chi connectivity index (χ3n) is 3.57. The highest BCUT2D eigenvalue weighted by molar-refractivity contribution is 8.64. The van der Waals surface area contributed by atoms with Crippen molar-refractivity contribution in [3.63, 3.8) is 0 Å². The SMILES string of the molecule is CC(=O)c1nn(CC(=O)O)c2ccc(-c3cnc(C)nc3)cc12.S=S=S=S=S=S. The lowest BCUT2D eigenvalue weighted by Gasteiger charge is -2.03. The molecular formula is C16H14N4O3S6. The van der Waals surface area contributed by atoms with Crippen LogP contribution >= 0.6 is 0 Å². The van der Waals surface area contributed by atoms with Crippen LogP contribution in [0.5, 0.6) is 0 Å². The van der Waals surface area contributed by atoms with Crippen molar-refractivity contribution in [2.75, 3.05) is 0 Å². The third-order valence-corrected chi connectivity index (χ3v) is 10.2. The summed E-state index contributed by atoms with van der Waals surface area (Å²) in [5.41, 5.74) is 2.53. The average molecular weight is 503 g/mol. The first-order valence-corrected chi connectivity index (χ1v) is 14.5. The summed E-state index contributed by atoms with van der Waals surface area (Å²) in [5, 5.41) is 13.7. The minimum Gasteiger partial charge on any atom is -0.480 e. The second-order valence-electron chi connectivity index (χ2n) is 5.48. The maximum absolute atomic E-state index is 11.8. The second kappa shape index (κ2) is 11.4. The van der Waals surface area contributed by atoms with Gasteiger partial charge in [-0.25, -0.2) is 9.97 Å². The van der Waals surface area contributed by atoms with E-state index in [1.165, 1.54) is 47.1 Å². The van der Waals surface area contributed by atoms with Gasteiger partial charge in [-0.15, -0.1) is 0 Å². The van der Waals surface area contributed by atoms with Crippen molar-refractivity contribution in [1.29, 1.82) is 0 Å². The van der Waals surface area contributed by atoms with E-state index >= 15 is 0 Å². The first-order valence-electron chi connectivity index (χ1n) is 7.81. The number of ketones is 1. The van der Waals surface area contributed by atoms with E-state index in [1.807, 2.05) is 12.1 Å². The molecule has 7 nitrogen and oxygen atoms in total. The fourth-order valence-electron chi connectivity index (χ4n) is 2.43. The summed E-state index contributed by atoms with van der Waals surface area (Å²) in [6, 6.07) is 5.40. The van der Waals surface area contributed by atoms with Crippen molar-refractivity contribution in [2.24, 2.45) is 0 Å². The summed E-state index contributed by atoms with van der Waals surface area (Å²) < 4.78 is 1.32. The number of rotatable bonds is 4. The van der Waals surface area contributed by atoms with Gasteiger partial charge in [0.2, 0.25) is 0 Å². The normalized spacial score (nSPS) is 9.86. The Hall–Kier alpha value is -1.77. The predicted octanol–water partition coefficient (Wildman–Crippen LogP) is 2.07. The summed E-state index contributed by atoms with van der Waals surface area (Å²) in [4.78, 5) is 31.1. The van der Waals surface area contributed by atoms with Crippen molar-refractivity contribution in [3.05, 3.63) is 42.1 Å². The summed E-state index contributed by atoms with van der Waals surface area (Å²) in [6.07, 6.45) is 3.41. The van der Waals surface area contributed by atoms with Gasteiger partial charge in [0.15, 0.2) is 5.78 Å². The molecule has 0 aliphatic heterocycles. The maximum atomic E-state index is 11.8. The molecule has 3 rings (SSSR count). The minimum atomic E-state index is -1.01. The molecule has 0 aliphatic carbocycles. The van der Waals surface area contributed by atoms with Gasteiger partial charge >= 0.3 is 5.97 Å². The van der Waals surface area contributed by atoms with Crippen LogP contribution in [-0.4, -0.2) is 36.6 Å². The topological polar surface area (TPSA) is 98.0 Å². The van der Waals surface area contributed by atoms with Crippen LogP contribution in [0.15, 0.2) is 30.6 Å². The number of benzene rings is 1. The zero-order valence-electron chi connectivity index (χ0n) is 15.1. The fraction of sp³-hybridized carbons (Fsp3) is 0.188. The summed E-state index contributed by atoms with van der Waals surface area (Å²) >= 11 is 9.03. The van der Waals surface area contributed by atoms with Gasteiger partial charge in [0.05, 0.1) is 5.52 Å². The highest BCUT2D eigenvalue weighted by atomic mass is 33.3. The number of Topliss-reactive ketones (excluding diaryl/α,β-unsaturated/α-hetero) is 1. The summed E-state index contributed by atoms with van der Waals surface area (Å²) in [7, 11) is 5.63. The number of carbonyl (C=O) groups is 2. The number of carboxylic acids is 1. The Morgan fingerprint density at radius 3 is 2.24 bits per heavy atom. The number of fused-ring (bicyclic) bond motifs is 1. The van der Waals surface area contributed by atoms with E-state index in [2.05, 4.69) is 37.4 Å². The molecule has 1 N–H and O–H groups in total. The van der Waals surface area contributed by atoms with E-state index in [9.17, 15) is 9.59 Å². The van der Waals surface area contributed by atoms with E-state index in [0.717, 1.165) is 11.1 Å². The number of nitrogens with zero attached hydrogens (tertiary/aromatic N) is 4. The Morgan fingerprint density at radius 2 is 1.72 bits per heavy atom. The first-order chi connectivity index (χ1) is 13.9. The summed E-state index contributed by atoms with van der Waals surface area (Å²) in [5.74, 6) is -0.550. The van der Waals surface area contributed by atoms with Crippen LogP contribution in [0, 0.1) is 6.92 Å². The predicted molar refractivity (Wildman–Crippen MR) is 127 cm³/mol. The van der Waals surface area contributed by atoms with Crippen molar-refractivity contribution in [3.8, 4) is 11.1 Å². The molecule has 0 saturated carbocycles. The number of carboxylic acid groups (broad SMARTS) is 1. The lowest BCUT2D eigenvalue weighted by molar-refractivity contribution is -0.137. The van der Waals surface area contributed by atoms with Crippen molar-refractivity contribution < 1.29 is 14.7 Å². The smallest absolute Gasteiger partial charge is 0.325 e. The molecule has 0 atom stereocenters. The first kappa shape index (κ1) is 23.5. The molecule has 13 heteroatoms. The molecule has 0 amide bonds. The lowest BCUT2D eigenvalue weighted by atomic mass is 10.0. The van der Waals surface area contributed by atoms with Crippen LogP contribution in [0.1, 0.15) is 23.2 Å². The monoisotopic (exact) mass is 502 g/mol. The molecule has 0 spiro atoms. The van der Waals surface area contributed by atoms with Gasteiger partial charge in [0.25, 0.3) is 0 Å². The minimum absolute atomic E-state index is 0.212. The van der Waals surface area contributed by atoms with Gasteiger partial charge in [-0.2, -0.15) is 5.10 Å². The number of aryl methyl sites for hydroxylation is 1. The zero-order chi connectivity index (χ0) is 21.4. The van der Waals surface area contributed by atoms with Gasteiger partial charge in [-0.3, -0.25) is 14.3 Å². The van der Waals surface area contributed by atoms with E-state index in [-0.39, 0.29) is 18.0 Å². The van der Waals surface area contributed by atoms with E-state index in [0.29, 0.717) is 16.7 Å². The van der Waals surface area contributed by atoms with Crippen LogP contribution in [0.3, 0.4) is 0 Å². The molecule has 29 heavy (non-hydrogen) atoms. The molecule has 0 unspecified atom stereocenters. The highest BCUT2D eigenvalue weighted by Gasteiger charge is 2.16. The Kier molecular flexibility index (Phi) is 9.26. The fourth-order valence-corrected chi connectivity index (χ4v) is 7.92. The molecule has 0 saturated heterocycles. The molecular weight excluding hydrogens is 489 g/mol. The highest BCUT2D eigenvalue weighted by Crippen LogP contribution is 2.26. The Balaban J connectivity index is 0.000000438. The van der Waals surface area contributed by atoms with Crippen LogP contribution in [0.2, 0.25) is 0 Å². The van der Waals surface area contributed by atoms with Gasteiger partial charge in [0, 0.05) is 88.2 Å². The molecule has 0 fully saturated rings. The van der Waals surface area contributed by atoms with Crippen LogP contribution in [0.25, 0.3) is 22.0 Å². The Morgan fingerprint density at radius 1 is 1.10 bits per heavy atom. The largest absolute Gasteiger partial charge is 0.480 e. The molecule has 0 bridgehead atoms. The number of carbonyl (C=O) groups excluding carboxylic acids is 1. The number of aliphatic carboxylic acids is 1. The molecule has 152 valence electrons. The van der Waals surface area contributed by atoms with Crippen molar-refractivity contribution >= 4 is 80.6 Å².